The second-order valence-electron chi connectivity index (χ2n) is 7.26. The monoisotopic (exact) mass is 400 g/mol. The van der Waals surface area contributed by atoms with Crippen molar-refractivity contribution in [2.24, 2.45) is 5.73 Å². The van der Waals surface area contributed by atoms with Gasteiger partial charge in [0.05, 0.1) is 12.6 Å². The highest BCUT2D eigenvalue weighted by molar-refractivity contribution is 5.86. The fraction of sp³-hybridized carbons (Fsp3) is 0.542. The van der Waals surface area contributed by atoms with Gasteiger partial charge in [-0.25, -0.2) is 0 Å². The first-order valence-corrected chi connectivity index (χ1v) is 10.8. The molecule has 0 aromatic heterocycles. The van der Waals surface area contributed by atoms with Gasteiger partial charge in [0.15, 0.2) is 6.29 Å². The highest BCUT2D eigenvalue weighted by Gasteiger charge is 2.24. The molecule has 0 fully saturated rings. The van der Waals surface area contributed by atoms with Gasteiger partial charge in [0.1, 0.15) is 0 Å². The molecule has 0 saturated heterocycles. The van der Waals surface area contributed by atoms with Gasteiger partial charge in [-0.1, -0.05) is 62.2 Å². The molecule has 0 radical (unpaired) electrons. The van der Waals surface area contributed by atoms with Gasteiger partial charge in [0.25, 0.3) is 0 Å². The quantitative estimate of drug-likeness (QED) is 0.514. The molecule has 5 heteroatoms. The van der Waals surface area contributed by atoms with Gasteiger partial charge < -0.3 is 20.1 Å². The molecule has 0 heterocycles. The van der Waals surface area contributed by atoms with Crippen molar-refractivity contribution in [2.45, 2.75) is 58.8 Å². The van der Waals surface area contributed by atoms with E-state index in [1.807, 2.05) is 24.8 Å². The van der Waals surface area contributed by atoms with E-state index in [1.165, 1.54) is 16.3 Å². The molecule has 0 aliphatic rings. The molecule has 0 saturated carbocycles. The zero-order valence-electron chi connectivity index (χ0n) is 18.1. The summed E-state index contributed by atoms with van der Waals surface area (Å²) in [5.74, 6) is -0.0249. The van der Waals surface area contributed by atoms with Gasteiger partial charge in [0, 0.05) is 19.8 Å². The number of nitrogens with zero attached hydrogens (tertiary/aromatic N) is 1. The van der Waals surface area contributed by atoms with Crippen LogP contribution >= 0.6 is 0 Å². The number of hydrogen-bond donors (Lipinski definition) is 1. The van der Waals surface area contributed by atoms with E-state index in [0.717, 1.165) is 19.3 Å². The van der Waals surface area contributed by atoms with Crippen LogP contribution in [0.5, 0.6) is 0 Å². The molecule has 0 aliphatic heterocycles. The largest absolute Gasteiger partial charge is 0.351 e. The number of carbonyl (C=O) groups is 1. The maximum atomic E-state index is 13.1. The lowest BCUT2D eigenvalue weighted by Gasteiger charge is -2.29. The molecular weight excluding hydrogens is 364 g/mol. The first-order chi connectivity index (χ1) is 14.1. The smallest absolute Gasteiger partial charge is 0.239 e. The molecule has 1 atom stereocenters. The van der Waals surface area contributed by atoms with Crippen molar-refractivity contribution in [1.82, 2.24) is 4.90 Å². The lowest BCUT2D eigenvalue weighted by Crippen LogP contribution is -2.48. The molecule has 0 aliphatic carbocycles. The molecule has 0 unspecified atom stereocenters. The van der Waals surface area contributed by atoms with E-state index in [-0.39, 0.29) is 5.91 Å². The Balaban J connectivity index is 2.15. The summed E-state index contributed by atoms with van der Waals surface area (Å²) in [5, 5.41) is 2.44. The molecule has 160 valence electrons. The number of carbonyl (C=O) groups excluding carboxylic acids is 1. The first kappa shape index (κ1) is 23.3. The molecule has 2 rings (SSSR count). The predicted octanol–water partition coefficient (Wildman–Crippen LogP) is 4.13. The van der Waals surface area contributed by atoms with Crippen molar-refractivity contribution < 1.29 is 14.3 Å². The van der Waals surface area contributed by atoms with E-state index < -0.39 is 12.3 Å². The van der Waals surface area contributed by atoms with Crippen LogP contribution in [0.3, 0.4) is 0 Å². The van der Waals surface area contributed by atoms with Gasteiger partial charge in [-0.2, -0.15) is 0 Å². The first-order valence-electron chi connectivity index (χ1n) is 10.8. The summed E-state index contributed by atoms with van der Waals surface area (Å²) >= 11 is 0. The minimum absolute atomic E-state index is 0.0249. The van der Waals surface area contributed by atoms with Crippen LogP contribution < -0.4 is 5.73 Å². The van der Waals surface area contributed by atoms with Crippen LogP contribution in [0.15, 0.2) is 42.5 Å². The molecule has 0 spiro atoms. The number of rotatable bonds is 13. The minimum atomic E-state index is -0.480. The Labute approximate surface area is 175 Å². The Morgan fingerprint density at radius 1 is 1.03 bits per heavy atom. The average molecular weight is 401 g/mol. The van der Waals surface area contributed by atoms with Crippen LogP contribution in [0.25, 0.3) is 10.8 Å². The minimum Gasteiger partial charge on any atom is -0.351 e. The molecule has 1 amide bonds. The van der Waals surface area contributed by atoms with Gasteiger partial charge >= 0.3 is 0 Å². The van der Waals surface area contributed by atoms with Crippen molar-refractivity contribution in [2.75, 3.05) is 26.3 Å². The normalized spacial score (nSPS) is 12.4. The number of amides is 1. The summed E-state index contributed by atoms with van der Waals surface area (Å²) in [7, 11) is 0. The van der Waals surface area contributed by atoms with Crippen molar-refractivity contribution >= 4 is 16.7 Å². The maximum Gasteiger partial charge on any atom is 0.239 e. The zero-order chi connectivity index (χ0) is 21.1. The third-order valence-corrected chi connectivity index (χ3v) is 5.10. The van der Waals surface area contributed by atoms with Crippen LogP contribution in [0.4, 0.5) is 0 Å². The molecule has 2 aromatic carbocycles. The predicted molar refractivity (Wildman–Crippen MR) is 119 cm³/mol. The third-order valence-electron chi connectivity index (χ3n) is 5.10. The van der Waals surface area contributed by atoms with E-state index in [1.54, 1.807) is 0 Å². The molecule has 29 heavy (non-hydrogen) atoms. The van der Waals surface area contributed by atoms with E-state index in [2.05, 4.69) is 43.3 Å². The Morgan fingerprint density at radius 3 is 2.41 bits per heavy atom. The van der Waals surface area contributed by atoms with E-state index in [0.29, 0.717) is 32.7 Å². The summed E-state index contributed by atoms with van der Waals surface area (Å²) in [5.41, 5.74) is 7.44. The third kappa shape index (κ3) is 7.11. The number of fused-ring (bicyclic) bond motifs is 1. The van der Waals surface area contributed by atoms with Gasteiger partial charge in [-0.05, 0) is 43.0 Å². The number of hydrogen-bond acceptors (Lipinski definition) is 4. The maximum absolute atomic E-state index is 13.1. The highest BCUT2D eigenvalue weighted by atomic mass is 16.7. The summed E-state index contributed by atoms with van der Waals surface area (Å²) in [4.78, 5) is 14.9. The van der Waals surface area contributed by atoms with Crippen molar-refractivity contribution in [3.63, 3.8) is 0 Å². The second-order valence-corrected chi connectivity index (χ2v) is 7.26. The molecular formula is C24H36N2O3. The Kier molecular flexibility index (Phi) is 10.1. The standard InChI is InChI=1S/C24H36N2O3/c1-4-7-15-22(25)24(27)26(18-23(28-5-2)29-6-3)17-16-20-13-10-12-19-11-8-9-14-21(19)20/h8-14,22-23H,4-7,15-18,25H2,1-3H3/t22-/m0/s1. The van der Waals surface area contributed by atoms with Crippen LogP contribution in [-0.4, -0.2) is 49.4 Å². The van der Waals surface area contributed by atoms with Crippen molar-refractivity contribution in [3.05, 3.63) is 48.0 Å². The van der Waals surface area contributed by atoms with Crippen LogP contribution in [0, 0.1) is 0 Å². The van der Waals surface area contributed by atoms with Crippen molar-refractivity contribution in [3.8, 4) is 0 Å². The Hall–Kier alpha value is -1.95. The average Bonchev–Trinajstić information content (AvgIpc) is 2.74. The van der Waals surface area contributed by atoms with Gasteiger partial charge in [-0.15, -0.1) is 0 Å². The topological polar surface area (TPSA) is 64.8 Å². The molecule has 2 N–H and O–H groups in total. The van der Waals surface area contributed by atoms with Gasteiger partial charge in [0.2, 0.25) is 5.91 Å². The van der Waals surface area contributed by atoms with Crippen LogP contribution in [0.1, 0.15) is 45.6 Å². The van der Waals surface area contributed by atoms with E-state index in [9.17, 15) is 4.79 Å². The number of benzene rings is 2. The van der Waals surface area contributed by atoms with Crippen LogP contribution in [0.2, 0.25) is 0 Å². The SMILES string of the molecule is CCCC[C@H](N)C(=O)N(CCc1cccc2ccccc12)CC(OCC)OCC. The lowest BCUT2D eigenvalue weighted by atomic mass is 10.0. The number of unbranched alkanes of at least 4 members (excludes halogenated alkanes) is 1. The summed E-state index contributed by atoms with van der Waals surface area (Å²) in [6, 6.07) is 14.2. The molecule has 2 aromatic rings. The van der Waals surface area contributed by atoms with Gasteiger partial charge in [-0.3, -0.25) is 4.79 Å². The van der Waals surface area contributed by atoms with E-state index >= 15 is 0 Å². The van der Waals surface area contributed by atoms with E-state index in [4.69, 9.17) is 15.2 Å². The zero-order valence-corrected chi connectivity index (χ0v) is 18.1. The lowest BCUT2D eigenvalue weighted by molar-refractivity contribution is -0.159. The molecule has 5 nitrogen and oxygen atoms in total. The van der Waals surface area contributed by atoms with Crippen molar-refractivity contribution in [1.29, 1.82) is 0 Å². The molecule has 0 bridgehead atoms. The summed E-state index contributed by atoms with van der Waals surface area (Å²) < 4.78 is 11.4. The highest BCUT2D eigenvalue weighted by Crippen LogP contribution is 2.19. The Bertz CT molecular complexity index is 738. The number of nitrogens with two attached hydrogens (primary N) is 1. The second kappa shape index (κ2) is 12.6. The summed E-state index contributed by atoms with van der Waals surface area (Å²) in [6.07, 6.45) is 3.01. The Morgan fingerprint density at radius 2 is 1.72 bits per heavy atom. The number of ether oxygens (including phenoxy) is 2. The van der Waals surface area contributed by atoms with Crippen LogP contribution in [-0.2, 0) is 20.7 Å². The fourth-order valence-corrected chi connectivity index (χ4v) is 3.54. The summed E-state index contributed by atoms with van der Waals surface area (Å²) in [6.45, 7) is 8.03. The fourth-order valence-electron chi connectivity index (χ4n) is 3.54.